The molecule has 90 valence electrons. The zero-order valence-electron chi connectivity index (χ0n) is 11.5. The number of rotatable bonds is 5. The van der Waals surface area contributed by atoms with E-state index in [0.717, 1.165) is 6.54 Å². The summed E-state index contributed by atoms with van der Waals surface area (Å²) in [6.07, 6.45) is 7.10. The minimum Gasteiger partial charge on any atom is -0.205 e. The maximum atomic E-state index is 2.34. The SMILES string of the molecule is CCCC[n+]1ccc(C(C)C)c(C(C)C)c1. The van der Waals surface area contributed by atoms with Gasteiger partial charge in [-0.05, 0) is 17.4 Å². The fourth-order valence-corrected chi connectivity index (χ4v) is 2.06. The Kier molecular flexibility index (Phi) is 4.98. The van der Waals surface area contributed by atoms with Crippen molar-refractivity contribution >= 4 is 0 Å². The Morgan fingerprint density at radius 2 is 1.69 bits per heavy atom. The Morgan fingerprint density at radius 1 is 1.06 bits per heavy atom. The maximum absolute atomic E-state index is 2.34. The van der Waals surface area contributed by atoms with Crippen molar-refractivity contribution < 1.29 is 4.57 Å². The summed E-state index contributed by atoms with van der Waals surface area (Å²) >= 11 is 0. The molecule has 0 unspecified atom stereocenters. The molecule has 0 spiro atoms. The molecule has 0 bridgehead atoms. The standard InChI is InChI=1S/C15H26N/c1-6-7-9-16-10-8-14(12(2)3)15(11-16)13(4)5/h8,10-13H,6-7,9H2,1-5H3/q+1. The first-order chi connectivity index (χ1) is 7.56. The van der Waals surface area contributed by atoms with E-state index in [2.05, 4.69) is 57.6 Å². The summed E-state index contributed by atoms with van der Waals surface area (Å²) < 4.78 is 2.34. The lowest BCUT2D eigenvalue weighted by Crippen LogP contribution is -2.34. The van der Waals surface area contributed by atoms with Crippen LogP contribution in [0.25, 0.3) is 0 Å². The first-order valence-corrected chi connectivity index (χ1v) is 6.59. The lowest BCUT2D eigenvalue weighted by Gasteiger charge is -2.13. The summed E-state index contributed by atoms with van der Waals surface area (Å²) in [4.78, 5) is 0. The van der Waals surface area contributed by atoms with Crippen LogP contribution in [0.4, 0.5) is 0 Å². The number of aromatic nitrogens is 1. The van der Waals surface area contributed by atoms with Crippen LogP contribution < -0.4 is 4.57 Å². The molecule has 0 fully saturated rings. The molecule has 0 aliphatic heterocycles. The fourth-order valence-electron chi connectivity index (χ4n) is 2.06. The van der Waals surface area contributed by atoms with Crippen LogP contribution >= 0.6 is 0 Å². The monoisotopic (exact) mass is 220 g/mol. The molecule has 0 radical (unpaired) electrons. The van der Waals surface area contributed by atoms with Crippen molar-refractivity contribution in [2.45, 2.75) is 65.8 Å². The van der Waals surface area contributed by atoms with Crippen LogP contribution in [0.2, 0.25) is 0 Å². The lowest BCUT2D eigenvalue weighted by atomic mass is 9.92. The Bertz CT molecular complexity index is 326. The molecule has 16 heavy (non-hydrogen) atoms. The van der Waals surface area contributed by atoms with Gasteiger partial charge >= 0.3 is 0 Å². The highest BCUT2D eigenvalue weighted by Gasteiger charge is 2.14. The second-order valence-corrected chi connectivity index (χ2v) is 5.26. The molecule has 0 amide bonds. The first kappa shape index (κ1) is 13.2. The molecule has 0 aromatic carbocycles. The van der Waals surface area contributed by atoms with E-state index in [1.165, 1.54) is 24.0 Å². The van der Waals surface area contributed by atoms with Gasteiger partial charge in [0.1, 0.15) is 6.54 Å². The molecule has 0 N–H and O–H groups in total. The van der Waals surface area contributed by atoms with Crippen molar-refractivity contribution in [3.05, 3.63) is 29.6 Å². The molecule has 1 heterocycles. The molecule has 0 saturated carbocycles. The third kappa shape index (κ3) is 3.33. The highest BCUT2D eigenvalue weighted by atomic mass is 14.9. The minimum absolute atomic E-state index is 0.617. The topological polar surface area (TPSA) is 3.88 Å². The highest BCUT2D eigenvalue weighted by Crippen LogP contribution is 2.24. The molecule has 0 atom stereocenters. The molecule has 1 aromatic heterocycles. The third-order valence-corrected chi connectivity index (χ3v) is 3.10. The van der Waals surface area contributed by atoms with E-state index in [4.69, 9.17) is 0 Å². The molecule has 0 aliphatic rings. The molecule has 0 aliphatic carbocycles. The van der Waals surface area contributed by atoms with Gasteiger partial charge in [-0.3, -0.25) is 0 Å². The van der Waals surface area contributed by atoms with Crippen LogP contribution in [0.3, 0.4) is 0 Å². The smallest absolute Gasteiger partial charge is 0.172 e. The molecule has 1 nitrogen and oxygen atoms in total. The van der Waals surface area contributed by atoms with Gasteiger partial charge in [-0.2, -0.15) is 0 Å². The summed E-state index contributed by atoms with van der Waals surface area (Å²) in [5.74, 6) is 1.24. The summed E-state index contributed by atoms with van der Waals surface area (Å²) in [6.45, 7) is 12.5. The largest absolute Gasteiger partial charge is 0.205 e. The van der Waals surface area contributed by atoms with Gasteiger partial charge < -0.3 is 0 Å². The van der Waals surface area contributed by atoms with Crippen molar-refractivity contribution in [2.24, 2.45) is 0 Å². The fraction of sp³-hybridized carbons (Fsp3) is 0.667. The van der Waals surface area contributed by atoms with Gasteiger partial charge in [-0.15, -0.1) is 0 Å². The van der Waals surface area contributed by atoms with Crippen LogP contribution in [0.15, 0.2) is 18.5 Å². The molecular formula is C15H26N+. The summed E-state index contributed by atoms with van der Waals surface area (Å²) in [6, 6.07) is 2.30. The maximum Gasteiger partial charge on any atom is 0.172 e. The number of hydrogen-bond acceptors (Lipinski definition) is 0. The van der Waals surface area contributed by atoms with Gasteiger partial charge in [-0.1, -0.05) is 41.0 Å². The van der Waals surface area contributed by atoms with E-state index in [1.54, 1.807) is 0 Å². The summed E-state index contributed by atoms with van der Waals surface area (Å²) in [5.41, 5.74) is 3.01. The van der Waals surface area contributed by atoms with Crippen LogP contribution in [0.1, 0.15) is 70.4 Å². The molecule has 1 rings (SSSR count). The zero-order valence-corrected chi connectivity index (χ0v) is 11.5. The normalized spacial score (nSPS) is 11.4. The Hall–Kier alpha value is -0.850. The number of pyridine rings is 1. The van der Waals surface area contributed by atoms with E-state index in [0.29, 0.717) is 11.8 Å². The number of aryl methyl sites for hydroxylation is 1. The van der Waals surface area contributed by atoms with E-state index < -0.39 is 0 Å². The molecule has 1 heteroatoms. The average Bonchev–Trinajstić information content (AvgIpc) is 2.25. The average molecular weight is 220 g/mol. The molecule has 1 aromatic rings. The van der Waals surface area contributed by atoms with E-state index in [9.17, 15) is 0 Å². The number of nitrogens with zero attached hydrogens (tertiary/aromatic N) is 1. The van der Waals surface area contributed by atoms with Crippen LogP contribution in [-0.4, -0.2) is 0 Å². The summed E-state index contributed by atoms with van der Waals surface area (Å²) in [5, 5.41) is 0. The van der Waals surface area contributed by atoms with Gasteiger partial charge in [0.15, 0.2) is 12.4 Å². The van der Waals surface area contributed by atoms with Gasteiger partial charge in [0, 0.05) is 18.1 Å². The Morgan fingerprint density at radius 3 is 2.19 bits per heavy atom. The number of hydrogen-bond donors (Lipinski definition) is 0. The van der Waals surface area contributed by atoms with Crippen molar-refractivity contribution in [2.75, 3.05) is 0 Å². The predicted octanol–water partition coefficient (Wildman–Crippen LogP) is 4.02. The van der Waals surface area contributed by atoms with Crippen LogP contribution in [-0.2, 0) is 6.54 Å². The zero-order chi connectivity index (χ0) is 12.1. The van der Waals surface area contributed by atoms with Gasteiger partial charge in [0.05, 0.1) is 0 Å². The predicted molar refractivity (Wildman–Crippen MR) is 69.7 cm³/mol. The van der Waals surface area contributed by atoms with Crippen LogP contribution in [0, 0.1) is 0 Å². The number of unbranched alkanes of at least 4 members (excludes halogenated alkanes) is 1. The highest BCUT2D eigenvalue weighted by molar-refractivity contribution is 5.27. The second-order valence-electron chi connectivity index (χ2n) is 5.26. The van der Waals surface area contributed by atoms with E-state index in [1.807, 2.05) is 0 Å². The molecule has 0 saturated heterocycles. The van der Waals surface area contributed by atoms with E-state index in [-0.39, 0.29) is 0 Å². The van der Waals surface area contributed by atoms with Gasteiger partial charge in [0.2, 0.25) is 0 Å². The van der Waals surface area contributed by atoms with E-state index >= 15 is 0 Å². The minimum atomic E-state index is 0.617. The van der Waals surface area contributed by atoms with Crippen molar-refractivity contribution in [1.29, 1.82) is 0 Å². The Balaban J connectivity index is 2.98. The van der Waals surface area contributed by atoms with Gasteiger partial charge in [-0.25, -0.2) is 4.57 Å². The quantitative estimate of drug-likeness (QED) is 0.660. The first-order valence-electron chi connectivity index (χ1n) is 6.59. The van der Waals surface area contributed by atoms with Crippen molar-refractivity contribution in [3.63, 3.8) is 0 Å². The van der Waals surface area contributed by atoms with Crippen molar-refractivity contribution in [1.82, 2.24) is 0 Å². The van der Waals surface area contributed by atoms with Crippen molar-refractivity contribution in [3.8, 4) is 0 Å². The Labute approximate surface area is 101 Å². The van der Waals surface area contributed by atoms with Crippen LogP contribution in [0.5, 0.6) is 0 Å². The van der Waals surface area contributed by atoms with Gasteiger partial charge in [0.25, 0.3) is 0 Å². The molecular weight excluding hydrogens is 194 g/mol. The summed E-state index contributed by atoms with van der Waals surface area (Å²) in [7, 11) is 0. The third-order valence-electron chi connectivity index (χ3n) is 3.10. The second kappa shape index (κ2) is 6.03. The lowest BCUT2D eigenvalue weighted by molar-refractivity contribution is -0.697.